The van der Waals surface area contributed by atoms with Crippen LogP contribution in [0.1, 0.15) is 21.6 Å². The third kappa shape index (κ3) is 3.47. The second kappa shape index (κ2) is 5.49. The number of nitrogens with one attached hydrogen (secondary N) is 1. The topological polar surface area (TPSA) is 62.2 Å². The van der Waals surface area contributed by atoms with Gasteiger partial charge in [0.2, 0.25) is 0 Å². The van der Waals surface area contributed by atoms with E-state index >= 15 is 0 Å². The summed E-state index contributed by atoms with van der Waals surface area (Å²) in [5, 5.41) is 13.2. The maximum absolute atomic E-state index is 12.5. The number of hydrogen-bond donors (Lipinski definition) is 2. The van der Waals surface area contributed by atoms with Gasteiger partial charge in [-0.15, -0.1) is 11.3 Å². The van der Waals surface area contributed by atoms with Crippen LogP contribution in [-0.4, -0.2) is 16.1 Å². The number of nitrogens with zero attached hydrogens (tertiary/aromatic N) is 1. The minimum Gasteiger partial charge on any atom is -0.476 e. The summed E-state index contributed by atoms with van der Waals surface area (Å²) in [6.07, 6.45) is -4.38. The monoisotopic (exact) mass is 302 g/mol. The van der Waals surface area contributed by atoms with E-state index in [-0.39, 0.29) is 12.2 Å². The van der Waals surface area contributed by atoms with Gasteiger partial charge < -0.3 is 10.4 Å². The van der Waals surface area contributed by atoms with E-state index in [2.05, 4.69) is 10.3 Å². The number of aromatic carboxylic acids is 1. The van der Waals surface area contributed by atoms with Crippen molar-refractivity contribution in [3.63, 3.8) is 0 Å². The third-order valence-corrected chi connectivity index (χ3v) is 3.22. The van der Waals surface area contributed by atoms with Gasteiger partial charge in [0.05, 0.1) is 5.56 Å². The second-order valence-electron chi connectivity index (χ2n) is 3.89. The number of halogens is 3. The average Bonchev–Trinajstić information content (AvgIpc) is 2.85. The maximum Gasteiger partial charge on any atom is 0.416 e. The molecule has 4 nitrogen and oxygen atoms in total. The van der Waals surface area contributed by atoms with Crippen LogP contribution in [0.2, 0.25) is 0 Å². The molecule has 0 aliphatic rings. The first kappa shape index (κ1) is 14.3. The lowest BCUT2D eigenvalue weighted by Crippen LogP contribution is -2.07. The summed E-state index contributed by atoms with van der Waals surface area (Å²) >= 11 is 1.08. The number of carbonyl (C=O) groups is 1. The molecule has 106 valence electrons. The first-order chi connectivity index (χ1) is 9.36. The SMILES string of the molecule is O=C(O)c1csc(NCc2cccc(C(F)(F)F)c2)n1. The van der Waals surface area contributed by atoms with Gasteiger partial charge in [0.25, 0.3) is 0 Å². The predicted octanol–water partition coefficient (Wildman–Crippen LogP) is 3.47. The zero-order chi connectivity index (χ0) is 14.8. The van der Waals surface area contributed by atoms with E-state index in [0.717, 1.165) is 23.5 Å². The van der Waals surface area contributed by atoms with Crippen LogP contribution in [0, 0.1) is 0 Å². The fourth-order valence-electron chi connectivity index (χ4n) is 1.49. The predicted molar refractivity (Wildman–Crippen MR) is 67.8 cm³/mol. The highest BCUT2D eigenvalue weighted by Crippen LogP contribution is 2.29. The van der Waals surface area contributed by atoms with Gasteiger partial charge in [0, 0.05) is 11.9 Å². The highest BCUT2D eigenvalue weighted by atomic mass is 32.1. The zero-order valence-corrected chi connectivity index (χ0v) is 10.8. The van der Waals surface area contributed by atoms with E-state index in [1.54, 1.807) is 6.07 Å². The van der Waals surface area contributed by atoms with Gasteiger partial charge >= 0.3 is 12.1 Å². The van der Waals surface area contributed by atoms with E-state index in [4.69, 9.17) is 5.11 Å². The van der Waals surface area contributed by atoms with Crippen molar-refractivity contribution in [3.8, 4) is 0 Å². The van der Waals surface area contributed by atoms with Crippen molar-refractivity contribution in [3.05, 3.63) is 46.5 Å². The van der Waals surface area contributed by atoms with E-state index in [1.165, 1.54) is 11.4 Å². The summed E-state index contributed by atoms with van der Waals surface area (Å²) in [6, 6.07) is 4.91. The van der Waals surface area contributed by atoms with Gasteiger partial charge in [-0.2, -0.15) is 13.2 Å². The number of carboxylic acid groups (broad SMARTS) is 1. The summed E-state index contributed by atoms with van der Waals surface area (Å²) in [5.41, 5.74) is -0.379. The summed E-state index contributed by atoms with van der Waals surface area (Å²) in [5.74, 6) is -1.15. The summed E-state index contributed by atoms with van der Waals surface area (Å²) in [6.45, 7) is 0.135. The molecule has 1 heterocycles. The first-order valence-electron chi connectivity index (χ1n) is 5.45. The Labute approximate surface area is 115 Å². The molecule has 2 N–H and O–H groups in total. The number of anilines is 1. The molecule has 0 unspecified atom stereocenters. The lowest BCUT2D eigenvalue weighted by molar-refractivity contribution is -0.137. The lowest BCUT2D eigenvalue weighted by atomic mass is 10.1. The largest absolute Gasteiger partial charge is 0.476 e. The number of aromatic nitrogens is 1. The van der Waals surface area contributed by atoms with Crippen LogP contribution < -0.4 is 5.32 Å². The molecule has 0 saturated carbocycles. The minimum atomic E-state index is -4.38. The molecule has 20 heavy (non-hydrogen) atoms. The van der Waals surface area contributed by atoms with Crippen LogP contribution >= 0.6 is 11.3 Å². The van der Waals surface area contributed by atoms with Crippen molar-refractivity contribution < 1.29 is 23.1 Å². The van der Waals surface area contributed by atoms with Crippen LogP contribution in [0.4, 0.5) is 18.3 Å². The minimum absolute atomic E-state index is 0.0958. The third-order valence-electron chi connectivity index (χ3n) is 2.42. The molecule has 8 heteroatoms. The number of benzene rings is 1. The van der Waals surface area contributed by atoms with E-state index in [0.29, 0.717) is 10.7 Å². The Morgan fingerprint density at radius 2 is 2.15 bits per heavy atom. The molecule has 0 bridgehead atoms. The molecule has 0 radical (unpaired) electrons. The van der Waals surface area contributed by atoms with Crippen LogP contribution in [0.5, 0.6) is 0 Å². The molecule has 0 fully saturated rings. The van der Waals surface area contributed by atoms with E-state index in [1.807, 2.05) is 0 Å². The standard InChI is InChI=1S/C12H9F3N2O2S/c13-12(14,15)8-3-1-2-7(4-8)5-16-11-17-9(6-20-11)10(18)19/h1-4,6H,5H2,(H,16,17)(H,18,19). The van der Waals surface area contributed by atoms with Gasteiger partial charge in [0.1, 0.15) is 0 Å². The molecule has 2 rings (SSSR count). The second-order valence-corrected chi connectivity index (χ2v) is 4.75. The van der Waals surface area contributed by atoms with Crippen molar-refractivity contribution in [2.45, 2.75) is 12.7 Å². The molecule has 0 atom stereocenters. The van der Waals surface area contributed by atoms with E-state index in [9.17, 15) is 18.0 Å². The molecule has 0 amide bonds. The van der Waals surface area contributed by atoms with Crippen LogP contribution in [0.25, 0.3) is 0 Å². The fraction of sp³-hybridized carbons (Fsp3) is 0.167. The van der Waals surface area contributed by atoms with Gasteiger partial charge in [-0.05, 0) is 17.7 Å². The highest BCUT2D eigenvalue weighted by molar-refractivity contribution is 7.13. The quantitative estimate of drug-likeness (QED) is 0.907. The molecule has 0 spiro atoms. The van der Waals surface area contributed by atoms with E-state index < -0.39 is 17.7 Å². The molecule has 1 aromatic heterocycles. The normalized spacial score (nSPS) is 11.3. The number of alkyl halides is 3. The molecule has 0 saturated heterocycles. The highest BCUT2D eigenvalue weighted by Gasteiger charge is 2.30. The maximum atomic E-state index is 12.5. The molecular formula is C12H9F3N2O2S. The molecule has 1 aromatic carbocycles. The van der Waals surface area contributed by atoms with Crippen LogP contribution in [0.15, 0.2) is 29.6 Å². The van der Waals surface area contributed by atoms with Crippen LogP contribution in [-0.2, 0) is 12.7 Å². The Morgan fingerprint density at radius 3 is 2.75 bits per heavy atom. The van der Waals surface area contributed by atoms with Gasteiger partial charge in [-0.3, -0.25) is 0 Å². The lowest BCUT2D eigenvalue weighted by Gasteiger charge is -2.09. The number of thiazole rings is 1. The number of carboxylic acids is 1. The van der Waals surface area contributed by atoms with Crippen molar-refractivity contribution in [2.24, 2.45) is 0 Å². The number of rotatable bonds is 4. The van der Waals surface area contributed by atoms with Crippen molar-refractivity contribution in [1.29, 1.82) is 0 Å². The summed E-state index contributed by atoms with van der Waals surface area (Å²) < 4.78 is 37.6. The van der Waals surface area contributed by atoms with Crippen molar-refractivity contribution in [2.75, 3.05) is 5.32 Å². The first-order valence-corrected chi connectivity index (χ1v) is 6.33. The summed E-state index contributed by atoms with van der Waals surface area (Å²) in [4.78, 5) is 14.4. The Bertz CT molecular complexity index is 625. The zero-order valence-electron chi connectivity index (χ0n) is 9.94. The van der Waals surface area contributed by atoms with Crippen molar-refractivity contribution in [1.82, 2.24) is 4.98 Å². The molecular weight excluding hydrogens is 293 g/mol. The molecule has 0 aliphatic heterocycles. The Balaban J connectivity index is 2.05. The fourth-order valence-corrected chi connectivity index (χ4v) is 2.17. The van der Waals surface area contributed by atoms with Gasteiger partial charge in [-0.1, -0.05) is 12.1 Å². The van der Waals surface area contributed by atoms with Gasteiger partial charge in [0.15, 0.2) is 10.8 Å². The number of hydrogen-bond acceptors (Lipinski definition) is 4. The molecule has 0 aliphatic carbocycles. The van der Waals surface area contributed by atoms with Crippen LogP contribution in [0.3, 0.4) is 0 Å². The molecule has 2 aromatic rings. The van der Waals surface area contributed by atoms with Crippen molar-refractivity contribution >= 4 is 22.4 Å². The Morgan fingerprint density at radius 1 is 1.40 bits per heavy atom. The smallest absolute Gasteiger partial charge is 0.416 e. The van der Waals surface area contributed by atoms with Gasteiger partial charge in [-0.25, -0.2) is 9.78 Å². The Kier molecular flexibility index (Phi) is 3.93. The Hall–Kier alpha value is -2.09. The summed E-state index contributed by atoms with van der Waals surface area (Å²) in [7, 11) is 0. The average molecular weight is 302 g/mol.